The standard InChI is InChI=1S/C27H50/c1-5-7-9-10-11-12-13-14-15-16-17-18-19-20-21-22-24-27(23-8-6-2)25-26(3)4/h26-27H,1-2,5-15,18-25H2,3-4H3. The average Bonchev–Trinajstić information content (AvgIpc) is 2.65. The van der Waals surface area contributed by atoms with Gasteiger partial charge in [0.1, 0.15) is 0 Å². The maximum Gasteiger partial charge on any atom is 0.00886 e. The molecular weight excluding hydrogens is 324 g/mol. The van der Waals surface area contributed by atoms with Crippen LogP contribution >= 0.6 is 0 Å². The van der Waals surface area contributed by atoms with Crippen LogP contribution in [0.5, 0.6) is 0 Å². The minimum atomic E-state index is 0.841. The van der Waals surface area contributed by atoms with Crippen LogP contribution in [0.25, 0.3) is 0 Å². The topological polar surface area (TPSA) is 0 Å². The Morgan fingerprint density at radius 1 is 0.556 bits per heavy atom. The molecule has 0 N–H and O–H groups in total. The van der Waals surface area contributed by atoms with Gasteiger partial charge in [-0.2, -0.15) is 0 Å². The smallest absolute Gasteiger partial charge is 0.00886 e. The van der Waals surface area contributed by atoms with E-state index in [-0.39, 0.29) is 0 Å². The van der Waals surface area contributed by atoms with Gasteiger partial charge in [0, 0.05) is 12.8 Å². The number of unbranched alkanes of at least 4 members (excludes halogenated alkanes) is 13. The highest BCUT2D eigenvalue weighted by atomic mass is 14.2. The molecule has 0 aliphatic heterocycles. The van der Waals surface area contributed by atoms with Crippen molar-refractivity contribution in [3.8, 4) is 11.8 Å². The fraction of sp³-hybridized carbons (Fsp3) is 0.852. The van der Waals surface area contributed by atoms with E-state index in [0.29, 0.717) is 0 Å². The van der Waals surface area contributed by atoms with Crippen LogP contribution in [0.3, 0.4) is 0 Å². The summed E-state index contributed by atoms with van der Waals surface area (Å²) in [4.78, 5) is 0. The molecule has 0 spiro atoms. The van der Waals surface area contributed by atoms with E-state index in [1.54, 1.807) is 0 Å². The van der Waals surface area contributed by atoms with Gasteiger partial charge in [-0.05, 0) is 31.1 Å². The molecule has 1 atom stereocenters. The highest BCUT2D eigenvalue weighted by Gasteiger charge is 2.10. The van der Waals surface area contributed by atoms with E-state index in [2.05, 4.69) is 39.5 Å². The molecule has 2 radical (unpaired) electrons. The lowest BCUT2D eigenvalue weighted by Gasteiger charge is -2.18. The number of rotatable bonds is 19. The summed E-state index contributed by atoms with van der Waals surface area (Å²) in [6.45, 7) is 12.6. The molecule has 0 saturated carbocycles. The molecule has 0 heterocycles. The Morgan fingerprint density at radius 3 is 1.52 bits per heavy atom. The molecular formula is C27H50. The van der Waals surface area contributed by atoms with Crippen molar-refractivity contribution >= 4 is 0 Å². The molecule has 0 fully saturated rings. The largest absolute Gasteiger partial charge is 0.103 e. The van der Waals surface area contributed by atoms with Gasteiger partial charge in [0.15, 0.2) is 0 Å². The predicted molar refractivity (Wildman–Crippen MR) is 125 cm³/mol. The van der Waals surface area contributed by atoms with Gasteiger partial charge in [-0.3, -0.25) is 0 Å². The van der Waals surface area contributed by atoms with E-state index < -0.39 is 0 Å². The van der Waals surface area contributed by atoms with Gasteiger partial charge in [-0.1, -0.05) is 118 Å². The SMILES string of the molecule is [CH2]CCCCCCCCCC#CCCCCCCC(CCC[CH2])CC(C)C. The first kappa shape index (κ1) is 26.6. The van der Waals surface area contributed by atoms with Crippen molar-refractivity contribution < 1.29 is 0 Å². The van der Waals surface area contributed by atoms with Crippen molar-refractivity contribution in [2.24, 2.45) is 11.8 Å². The summed E-state index contributed by atoms with van der Waals surface area (Å²) >= 11 is 0. The maximum atomic E-state index is 4.00. The molecule has 0 aliphatic carbocycles. The van der Waals surface area contributed by atoms with Crippen LogP contribution in [0, 0.1) is 37.5 Å². The third-order valence-corrected chi connectivity index (χ3v) is 5.51. The first-order valence-corrected chi connectivity index (χ1v) is 12.2. The molecule has 1 unspecified atom stereocenters. The van der Waals surface area contributed by atoms with Crippen molar-refractivity contribution in [3.05, 3.63) is 13.8 Å². The van der Waals surface area contributed by atoms with E-state index in [1.807, 2.05) is 0 Å². The summed E-state index contributed by atoms with van der Waals surface area (Å²) < 4.78 is 0. The molecule has 0 nitrogen and oxygen atoms in total. The molecule has 0 aromatic heterocycles. The van der Waals surface area contributed by atoms with Crippen LogP contribution in [-0.4, -0.2) is 0 Å². The fourth-order valence-corrected chi connectivity index (χ4v) is 3.93. The lowest BCUT2D eigenvalue weighted by molar-refractivity contribution is 0.345. The van der Waals surface area contributed by atoms with Gasteiger partial charge < -0.3 is 0 Å². The zero-order valence-corrected chi connectivity index (χ0v) is 19.0. The minimum absolute atomic E-state index is 0.841. The Labute approximate surface area is 173 Å². The van der Waals surface area contributed by atoms with E-state index in [4.69, 9.17) is 0 Å². The fourth-order valence-electron chi connectivity index (χ4n) is 3.93. The molecule has 0 heteroatoms. The highest BCUT2D eigenvalue weighted by molar-refractivity contribution is 4.98. The van der Waals surface area contributed by atoms with Crippen molar-refractivity contribution in [3.63, 3.8) is 0 Å². The normalized spacial score (nSPS) is 12.2. The molecule has 0 aromatic carbocycles. The van der Waals surface area contributed by atoms with Gasteiger partial charge in [0.2, 0.25) is 0 Å². The molecule has 0 amide bonds. The number of hydrogen-bond acceptors (Lipinski definition) is 0. The summed E-state index contributed by atoms with van der Waals surface area (Å²) in [7, 11) is 0. The average molecular weight is 375 g/mol. The second-order valence-electron chi connectivity index (χ2n) is 8.88. The van der Waals surface area contributed by atoms with Crippen LogP contribution in [0.2, 0.25) is 0 Å². The van der Waals surface area contributed by atoms with Crippen molar-refractivity contribution in [1.82, 2.24) is 0 Å². The van der Waals surface area contributed by atoms with Gasteiger partial charge >= 0.3 is 0 Å². The Morgan fingerprint density at radius 2 is 1.00 bits per heavy atom. The lowest BCUT2D eigenvalue weighted by atomic mass is 9.88. The summed E-state index contributed by atoms with van der Waals surface area (Å²) in [6.07, 6.45) is 25.0. The van der Waals surface area contributed by atoms with Gasteiger partial charge in [-0.15, -0.1) is 11.8 Å². The van der Waals surface area contributed by atoms with Gasteiger partial charge in [0.25, 0.3) is 0 Å². The third-order valence-electron chi connectivity index (χ3n) is 5.51. The van der Waals surface area contributed by atoms with E-state index in [1.165, 1.54) is 96.3 Å². The quantitative estimate of drug-likeness (QED) is 0.156. The maximum absolute atomic E-state index is 4.00. The van der Waals surface area contributed by atoms with Crippen molar-refractivity contribution in [1.29, 1.82) is 0 Å². The van der Waals surface area contributed by atoms with Crippen LogP contribution < -0.4 is 0 Å². The van der Waals surface area contributed by atoms with Gasteiger partial charge in [-0.25, -0.2) is 0 Å². The van der Waals surface area contributed by atoms with Gasteiger partial charge in [0.05, 0.1) is 0 Å². The van der Waals surface area contributed by atoms with E-state index >= 15 is 0 Å². The van der Waals surface area contributed by atoms with Crippen LogP contribution in [0.1, 0.15) is 136 Å². The van der Waals surface area contributed by atoms with Crippen LogP contribution in [0.15, 0.2) is 0 Å². The molecule has 158 valence electrons. The summed E-state index contributed by atoms with van der Waals surface area (Å²) in [5.41, 5.74) is 0. The Hall–Kier alpha value is -0.440. The zero-order valence-electron chi connectivity index (χ0n) is 19.0. The van der Waals surface area contributed by atoms with Crippen LogP contribution in [-0.2, 0) is 0 Å². The second kappa shape index (κ2) is 21.9. The van der Waals surface area contributed by atoms with Crippen molar-refractivity contribution in [2.75, 3.05) is 0 Å². The van der Waals surface area contributed by atoms with Crippen molar-refractivity contribution in [2.45, 2.75) is 136 Å². The second-order valence-corrected chi connectivity index (χ2v) is 8.88. The monoisotopic (exact) mass is 374 g/mol. The molecule has 0 saturated heterocycles. The third kappa shape index (κ3) is 21.7. The predicted octanol–water partition coefficient (Wildman–Crippen LogP) is 9.34. The minimum Gasteiger partial charge on any atom is -0.103 e. The first-order chi connectivity index (χ1) is 13.2. The molecule has 0 aromatic rings. The molecule has 0 bridgehead atoms. The first-order valence-electron chi connectivity index (χ1n) is 12.2. The Kier molecular flexibility index (Phi) is 21.5. The summed E-state index contributed by atoms with van der Waals surface area (Å²) in [5.74, 6) is 8.56. The number of hydrogen-bond donors (Lipinski definition) is 0. The molecule has 27 heavy (non-hydrogen) atoms. The highest BCUT2D eigenvalue weighted by Crippen LogP contribution is 2.24. The van der Waals surface area contributed by atoms with E-state index in [9.17, 15) is 0 Å². The summed E-state index contributed by atoms with van der Waals surface area (Å²) in [5, 5.41) is 0. The zero-order chi connectivity index (χ0) is 20.0. The van der Waals surface area contributed by atoms with E-state index in [0.717, 1.165) is 37.5 Å². The van der Waals surface area contributed by atoms with Crippen LogP contribution in [0.4, 0.5) is 0 Å². The summed E-state index contributed by atoms with van der Waals surface area (Å²) in [6, 6.07) is 0. The Balaban J connectivity index is 3.41. The lowest BCUT2D eigenvalue weighted by Crippen LogP contribution is -2.05. The Bertz CT molecular complexity index is 330. The molecule has 0 rings (SSSR count). The molecule has 0 aliphatic rings.